The summed E-state index contributed by atoms with van der Waals surface area (Å²) in [7, 11) is 1.33. The van der Waals surface area contributed by atoms with E-state index in [4.69, 9.17) is 9.47 Å². The second-order valence-corrected chi connectivity index (χ2v) is 7.50. The Bertz CT molecular complexity index is 1030. The monoisotopic (exact) mass is 465 g/mol. The smallest absolute Gasteiger partial charge is 0.422 e. The molecule has 10 heteroatoms. The summed E-state index contributed by atoms with van der Waals surface area (Å²) in [5.41, 5.74) is 1.25. The molecule has 0 unspecified atom stereocenters. The molecular weight excluding hydrogens is 442 g/mol. The van der Waals surface area contributed by atoms with Gasteiger partial charge in [-0.2, -0.15) is 18.4 Å². The Morgan fingerprint density at radius 2 is 1.85 bits per heavy atom. The largest absolute Gasteiger partial charge is 0.493 e. The quantitative estimate of drug-likeness (QED) is 0.580. The van der Waals surface area contributed by atoms with Crippen LogP contribution in [0.3, 0.4) is 0 Å². The summed E-state index contributed by atoms with van der Waals surface area (Å²) in [5.74, 6) is -0.485. The van der Waals surface area contributed by atoms with E-state index in [-0.39, 0.29) is 29.4 Å². The lowest BCUT2D eigenvalue weighted by atomic mass is 10.1. The number of methoxy groups -OCH3 is 1. The first kappa shape index (κ1) is 24.2. The summed E-state index contributed by atoms with van der Waals surface area (Å²) < 4.78 is 60.9. The van der Waals surface area contributed by atoms with E-state index in [1.54, 1.807) is 29.2 Å². The van der Waals surface area contributed by atoms with Gasteiger partial charge < -0.3 is 19.3 Å². The van der Waals surface area contributed by atoms with E-state index in [0.717, 1.165) is 5.56 Å². The molecule has 0 aliphatic carbocycles. The third-order valence-electron chi connectivity index (χ3n) is 5.32. The van der Waals surface area contributed by atoms with Crippen molar-refractivity contribution in [3.05, 3.63) is 53.3 Å². The fourth-order valence-electron chi connectivity index (χ4n) is 3.64. The van der Waals surface area contributed by atoms with Crippen LogP contribution in [0.2, 0.25) is 0 Å². The molecule has 0 bridgehead atoms. The molecule has 0 atom stereocenters. The lowest BCUT2D eigenvalue weighted by molar-refractivity contribution is -0.153. The minimum atomic E-state index is -4.45. The summed E-state index contributed by atoms with van der Waals surface area (Å²) in [6, 6.07) is 10.9. The average molecular weight is 465 g/mol. The molecule has 0 aromatic heterocycles. The molecule has 1 aliphatic heterocycles. The normalized spacial score (nSPS) is 14.1. The van der Waals surface area contributed by atoms with Crippen molar-refractivity contribution in [2.75, 3.05) is 44.8 Å². The fraction of sp³-hybridized carbons (Fsp3) is 0.391. The number of aryl methyl sites for hydroxylation is 1. The summed E-state index contributed by atoms with van der Waals surface area (Å²) in [6.45, 7) is 0.409. The Balaban J connectivity index is 1.54. The number of benzene rings is 2. The Hall–Kier alpha value is -3.48. The van der Waals surface area contributed by atoms with Crippen molar-refractivity contribution >= 4 is 11.6 Å². The van der Waals surface area contributed by atoms with Gasteiger partial charge in [0.15, 0.2) is 18.1 Å². The van der Waals surface area contributed by atoms with Crippen molar-refractivity contribution in [2.45, 2.75) is 19.0 Å². The standard InChI is InChI=1S/C23H23F4N3O3/c1-32-21-13-16(5-7-20(21)33-15-23(25,26)27)6-8-22(31)30-11-9-29(10-12-30)19-4-2-3-18(24)17(19)14-28/h2-5,7,13H,6,8-12,15H2,1H3. The van der Waals surface area contributed by atoms with Gasteiger partial charge in [0, 0.05) is 32.6 Å². The van der Waals surface area contributed by atoms with Gasteiger partial charge >= 0.3 is 6.18 Å². The molecule has 176 valence electrons. The maximum absolute atomic E-state index is 13.9. The number of amides is 1. The summed E-state index contributed by atoms with van der Waals surface area (Å²) in [6.07, 6.45) is -3.85. The second kappa shape index (κ2) is 10.4. The molecule has 0 saturated carbocycles. The van der Waals surface area contributed by atoms with Crippen LogP contribution in [0.25, 0.3) is 0 Å². The molecular formula is C23H23F4N3O3. The van der Waals surface area contributed by atoms with Crippen LogP contribution < -0.4 is 14.4 Å². The number of ether oxygens (including phenoxy) is 2. The number of anilines is 1. The van der Waals surface area contributed by atoms with E-state index < -0.39 is 18.6 Å². The number of hydrogen-bond donors (Lipinski definition) is 0. The fourth-order valence-corrected chi connectivity index (χ4v) is 3.64. The summed E-state index contributed by atoms with van der Waals surface area (Å²) >= 11 is 0. The van der Waals surface area contributed by atoms with Crippen LogP contribution >= 0.6 is 0 Å². The van der Waals surface area contributed by atoms with E-state index in [1.165, 1.54) is 19.2 Å². The van der Waals surface area contributed by atoms with E-state index in [1.807, 2.05) is 11.0 Å². The first-order valence-electron chi connectivity index (χ1n) is 10.3. The van der Waals surface area contributed by atoms with Crippen LogP contribution in [0.1, 0.15) is 17.5 Å². The number of alkyl halides is 3. The number of nitrogens with zero attached hydrogens (tertiary/aromatic N) is 3. The number of halogens is 4. The first-order valence-corrected chi connectivity index (χ1v) is 10.3. The van der Waals surface area contributed by atoms with Gasteiger partial charge in [-0.1, -0.05) is 12.1 Å². The number of hydrogen-bond acceptors (Lipinski definition) is 5. The number of piperazine rings is 1. The van der Waals surface area contributed by atoms with Crippen LogP contribution in [0, 0.1) is 17.1 Å². The van der Waals surface area contributed by atoms with Crippen molar-refractivity contribution < 1.29 is 31.8 Å². The molecule has 6 nitrogen and oxygen atoms in total. The molecule has 2 aromatic rings. The van der Waals surface area contributed by atoms with E-state index in [9.17, 15) is 27.6 Å². The Morgan fingerprint density at radius 3 is 2.48 bits per heavy atom. The second-order valence-electron chi connectivity index (χ2n) is 7.50. The SMILES string of the molecule is COc1cc(CCC(=O)N2CCN(c3cccc(F)c3C#N)CC2)ccc1OCC(F)(F)F. The average Bonchev–Trinajstić information content (AvgIpc) is 2.80. The predicted molar refractivity (Wildman–Crippen MR) is 113 cm³/mol. The highest BCUT2D eigenvalue weighted by atomic mass is 19.4. The van der Waals surface area contributed by atoms with Gasteiger partial charge in [0.25, 0.3) is 0 Å². The van der Waals surface area contributed by atoms with Gasteiger partial charge in [-0.3, -0.25) is 4.79 Å². The van der Waals surface area contributed by atoms with Crippen LogP contribution in [0.5, 0.6) is 11.5 Å². The molecule has 3 rings (SSSR count). The van der Waals surface area contributed by atoms with Gasteiger partial charge in [0.2, 0.25) is 5.91 Å². The molecule has 1 aliphatic rings. The van der Waals surface area contributed by atoms with Crippen molar-refractivity contribution in [1.29, 1.82) is 5.26 Å². The number of carbonyl (C=O) groups excluding carboxylic acids is 1. The van der Waals surface area contributed by atoms with E-state index >= 15 is 0 Å². The zero-order chi connectivity index (χ0) is 24.0. The zero-order valence-corrected chi connectivity index (χ0v) is 18.0. The van der Waals surface area contributed by atoms with Crippen LogP contribution in [-0.4, -0.2) is 56.9 Å². The zero-order valence-electron chi connectivity index (χ0n) is 18.0. The first-order chi connectivity index (χ1) is 15.7. The highest BCUT2D eigenvalue weighted by Gasteiger charge is 2.29. The topological polar surface area (TPSA) is 65.8 Å². The maximum atomic E-state index is 13.9. The number of rotatable bonds is 7. The van der Waals surface area contributed by atoms with Gasteiger partial charge in [-0.05, 0) is 36.2 Å². The minimum Gasteiger partial charge on any atom is -0.493 e. The molecule has 1 saturated heterocycles. The van der Waals surface area contributed by atoms with Gasteiger partial charge in [-0.25, -0.2) is 4.39 Å². The highest BCUT2D eigenvalue weighted by Crippen LogP contribution is 2.30. The van der Waals surface area contributed by atoms with Gasteiger partial charge in [0.1, 0.15) is 17.4 Å². The molecule has 0 spiro atoms. The Kier molecular flexibility index (Phi) is 7.63. The maximum Gasteiger partial charge on any atom is 0.422 e. The number of nitriles is 1. The molecule has 2 aromatic carbocycles. The Labute approximate surface area is 188 Å². The predicted octanol–water partition coefficient (Wildman–Crippen LogP) is 3.93. The molecule has 1 fully saturated rings. The molecule has 0 radical (unpaired) electrons. The highest BCUT2D eigenvalue weighted by molar-refractivity contribution is 5.77. The minimum absolute atomic E-state index is 0.00566. The van der Waals surface area contributed by atoms with E-state index in [2.05, 4.69) is 0 Å². The third kappa shape index (κ3) is 6.28. The van der Waals surface area contributed by atoms with Crippen LogP contribution in [0.15, 0.2) is 36.4 Å². The lowest BCUT2D eigenvalue weighted by Gasteiger charge is -2.36. The summed E-state index contributed by atoms with van der Waals surface area (Å²) in [4.78, 5) is 16.2. The number of carbonyl (C=O) groups is 1. The summed E-state index contributed by atoms with van der Waals surface area (Å²) in [5, 5.41) is 9.22. The van der Waals surface area contributed by atoms with Crippen molar-refractivity contribution in [2.24, 2.45) is 0 Å². The molecule has 33 heavy (non-hydrogen) atoms. The van der Waals surface area contributed by atoms with Crippen molar-refractivity contribution in [3.63, 3.8) is 0 Å². The van der Waals surface area contributed by atoms with Crippen molar-refractivity contribution in [3.8, 4) is 17.6 Å². The van der Waals surface area contributed by atoms with Gasteiger partial charge in [-0.15, -0.1) is 0 Å². The molecule has 1 amide bonds. The van der Waals surface area contributed by atoms with Crippen LogP contribution in [-0.2, 0) is 11.2 Å². The molecule has 1 heterocycles. The van der Waals surface area contributed by atoms with Gasteiger partial charge in [0.05, 0.1) is 12.8 Å². The molecule has 0 N–H and O–H groups in total. The van der Waals surface area contributed by atoms with E-state index in [0.29, 0.717) is 38.3 Å². The third-order valence-corrected chi connectivity index (χ3v) is 5.32. The van der Waals surface area contributed by atoms with Crippen LogP contribution in [0.4, 0.5) is 23.2 Å². The lowest BCUT2D eigenvalue weighted by Crippen LogP contribution is -2.49. The Morgan fingerprint density at radius 1 is 1.12 bits per heavy atom. The van der Waals surface area contributed by atoms with Crippen molar-refractivity contribution in [1.82, 2.24) is 4.90 Å².